The molecule has 1 fully saturated rings. The Labute approximate surface area is 118 Å². The Balaban J connectivity index is 1.69. The Morgan fingerprint density at radius 2 is 2.21 bits per heavy atom. The molecule has 0 spiro atoms. The van der Waals surface area contributed by atoms with Gasteiger partial charge in [-0.1, -0.05) is 23.7 Å². The molecule has 1 saturated heterocycles. The fraction of sp³-hybridized carbons (Fsp3) is 0.500. The van der Waals surface area contributed by atoms with Crippen molar-refractivity contribution < 1.29 is 9.53 Å². The summed E-state index contributed by atoms with van der Waals surface area (Å²) in [5.41, 5.74) is 0. The van der Waals surface area contributed by atoms with Crippen LogP contribution >= 0.6 is 11.6 Å². The van der Waals surface area contributed by atoms with Crippen LogP contribution in [0.3, 0.4) is 0 Å². The number of hydrogen-bond acceptors (Lipinski definition) is 3. The molecular weight excluding hydrogens is 264 g/mol. The monoisotopic (exact) mass is 282 g/mol. The molecule has 0 unspecified atom stereocenters. The number of ether oxygens (including phenoxy) is 1. The third-order valence-corrected chi connectivity index (χ3v) is 3.59. The molecule has 1 heterocycles. The molecule has 2 rings (SSSR count). The van der Waals surface area contributed by atoms with Crippen LogP contribution in [0.15, 0.2) is 24.3 Å². The molecule has 0 aliphatic carbocycles. The molecule has 104 valence electrons. The summed E-state index contributed by atoms with van der Waals surface area (Å²) in [5.74, 6) is 1.34. The molecule has 1 aliphatic rings. The van der Waals surface area contributed by atoms with E-state index in [4.69, 9.17) is 16.3 Å². The second-order valence-electron chi connectivity index (χ2n) is 4.82. The minimum atomic E-state index is 0.175. The van der Waals surface area contributed by atoms with Crippen LogP contribution in [-0.4, -0.2) is 44.1 Å². The van der Waals surface area contributed by atoms with Gasteiger partial charge in [0.15, 0.2) is 0 Å². The second-order valence-corrected chi connectivity index (χ2v) is 5.23. The number of benzene rings is 1. The lowest BCUT2D eigenvalue weighted by Crippen LogP contribution is -2.45. The minimum Gasteiger partial charge on any atom is -0.490 e. The Kier molecular flexibility index (Phi) is 5.05. The number of carbonyl (C=O) groups is 1. The third kappa shape index (κ3) is 4.11. The van der Waals surface area contributed by atoms with Gasteiger partial charge in [0, 0.05) is 13.5 Å². The SMILES string of the molecule is CN(CCOc1ccccc1Cl)C(=O)CC1CNC1. The van der Waals surface area contributed by atoms with E-state index >= 15 is 0 Å². The number of halogens is 1. The normalized spacial score (nSPS) is 14.8. The summed E-state index contributed by atoms with van der Waals surface area (Å²) in [6, 6.07) is 7.34. The molecule has 0 atom stereocenters. The highest BCUT2D eigenvalue weighted by atomic mass is 35.5. The van der Waals surface area contributed by atoms with Gasteiger partial charge >= 0.3 is 0 Å². The van der Waals surface area contributed by atoms with Crippen LogP contribution in [0.25, 0.3) is 0 Å². The zero-order valence-electron chi connectivity index (χ0n) is 11.1. The fourth-order valence-electron chi connectivity index (χ4n) is 1.87. The number of hydrogen-bond donors (Lipinski definition) is 1. The van der Waals surface area contributed by atoms with Gasteiger partial charge in [0.1, 0.15) is 12.4 Å². The Hall–Kier alpha value is -1.26. The van der Waals surface area contributed by atoms with Crippen molar-refractivity contribution >= 4 is 17.5 Å². The maximum Gasteiger partial charge on any atom is 0.222 e. The molecule has 1 aromatic rings. The summed E-state index contributed by atoms with van der Waals surface area (Å²) in [6.45, 7) is 2.94. The first-order chi connectivity index (χ1) is 9.16. The van der Waals surface area contributed by atoms with Crippen LogP contribution in [0.4, 0.5) is 0 Å². The molecular formula is C14H19ClN2O2. The second kappa shape index (κ2) is 6.78. The van der Waals surface area contributed by atoms with E-state index < -0.39 is 0 Å². The minimum absolute atomic E-state index is 0.175. The number of nitrogens with one attached hydrogen (secondary N) is 1. The van der Waals surface area contributed by atoms with Gasteiger partial charge in [0.25, 0.3) is 0 Å². The van der Waals surface area contributed by atoms with Gasteiger partial charge in [-0.2, -0.15) is 0 Å². The highest BCUT2D eigenvalue weighted by molar-refractivity contribution is 6.32. The average molecular weight is 283 g/mol. The van der Waals surface area contributed by atoms with E-state index in [1.54, 1.807) is 11.0 Å². The lowest BCUT2D eigenvalue weighted by atomic mass is 9.99. The van der Waals surface area contributed by atoms with E-state index in [9.17, 15) is 4.79 Å². The first-order valence-electron chi connectivity index (χ1n) is 6.49. The summed E-state index contributed by atoms with van der Waals surface area (Å²) in [5, 5.41) is 3.76. The van der Waals surface area contributed by atoms with Crippen LogP contribution in [0.1, 0.15) is 6.42 Å². The predicted molar refractivity (Wildman–Crippen MR) is 75.6 cm³/mol. The summed E-state index contributed by atoms with van der Waals surface area (Å²) in [6.07, 6.45) is 0.621. The van der Waals surface area contributed by atoms with Crippen molar-refractivity contribution in [3.8, 4) is 5.75 Å². The molecule has 0 aromatic heterocycles. The largest absolute Gasteiger partial charge is 0.490 e. The van der Waals surface area contributed by atoms with Crippen LogP contribution in [0.2, 0.25) is 5.02 Å². The van der Waals surface area contributed by atoms with Crippen molar-refractivity contribution in [2.24, 2.45) is 5.92 Å². The zero-order chi connectivity index (χ0) is 13.7. The van der Waals surface area contributed by atoms with Crippen molar-refractivity contribution in [1.29, 1.82) is 0 Å². The van der Waals surface area contributed by atoms with Gasteiger partial charge in [-0.25, -0.2) is 0 Å². The molecule has 1 N–H and O–H groups in total. The Bertz CT molecular complexity index is 435. The molecule has 0 saturated carbocycles. The summed E-state index contributed by atoms with van der Waals surface area (Å²) >= 11 is 5.98. The van der Waals surface area contributed by atoms with E-state index in [2.05, 4.69) is 5.32 Å². The van der Waals surface area contributed by atoms with E-state index in [1.165, 1.54) is 0 Å². The fourth-order valence-corrected chi connectivity index (χ4v) is 2.06. The van der Waals surface area contributed by atoms with Gasteiger partial charge in [0.2, 0.25) is 5.91 Å². The van der Waals surface area contributed by atoms with Crippen LogP contribution in [0, 0.1) is 5.92 Å². The van der Waals surface area contributed by atoms with Gasteiger partial charge in [-0.15, -0.1) is 0 Å². The smallest absolute Gasteiger partial charge is 0.222 e. The first-order valence-corrected chi connectivity index (χ1v) is 6.86. The number of para-hydroxylation sites is 1. The van der Waals surface area contributed by atoms with E-state index in [1.807, 2.05) is 25.2 Å². The summed E-state index contributed by atoms with van der Waals surface area (Å²) in [7, 11) is 1.81. The van der Waals surface area contributed by atoms with Crippen LogP contribution < -0.4 is 10.1 Å². The molecule has 4 nitrogen and oxygen atoms in total. The molecule has 1 amide bonds. The number of rotatable bonds is 6. The molecule has 0 radical (unpaired) electrons. The van der Waals surface area contributed by atoms with Crippen molar-refractivity contribution in [3.05, 3.63) is 29.3 Å². The Morgan fingerprint density at radius 1 is 1.47 bits per heavy atom. The topological polar surface area (TPSA) is 41.6 Å². The van der Waals surface area contributed by atoms with Crippen LogP contribution in [-0.2, 0) is 4.79 Å². The Morgan fingerprint density at radius 3 is 2.84 bits per heavy atom. The predicted octanol–water partition coefficient (Wildman–Crippen LogP) is 1.79. The first kappa shape index (κ1) is 14.2. The van der Waals surface area contributed by atoms with Gasteiger partial charge in [-0.3, -0.25) is 4.79 Å². The molecule has 1 aliphatic heterocycles. The standard InChI is InChI=1S/C14H19ClN2O2/c1-17(14(18)8-11-9-16-10-11)6-7-19-13-5-3-2-4-12(13)15/h2-5,11,16H,6-10H2,1H3. The lowest BCUT2D eigenvalue weighted by Gasteiger charge is -2.28. The quantitative estimate of drug-likeness (QED) is 0.865. The zero-order valence-corrected chi connectivity index (χ0v) is 11.8. The third-order valence-electron chi connectivity index (χ3n) is 3.28. The van der Waals surface area contributed by atoms with Crippen molar-refractivity contribution in [2.45, 2.75) is 6.42 Å². The van der Waals surface area contributed by atoms with E-state index in [-0.39, 0.29) is 5.91 Å². The maximum atomic E-state index is 11.9. The molecule has 19 heavy (non-hydrogen) atoms. The van der Waals surface area contributed by atoms with Gasteiger partial charge < -0.3 is 15.0 Å². The lowest BCUT2D eigenvalue weighted by molar-refractivity contribution is -0.131. The molecule has 0 bridgehead atoms. The van der Waals surface area contributed by atoms with Crippen molar-refractivity contribution in [2.75, 3.05) is 33.3 Å². The summed E-state index contributed by atoms with van der Waals surface area (Å²) in [4.78, 5) is 13.6. The maximum absolute atomic E-state index is 11.9. The number of likely N-dealkylation sites (N-methyl/N-ethyl adjacent to an activating group) is 1. The number of amides is 1. The van der Waals surface area contributed by atoms with E-state index in [0.29, 0.717) is 36.3 Å². The number of nitrogens with zero attached hydrogens (tertiary/aromatic N) is 1. The van der Waals surface area contributed by atoms with Crippen molar-refractivity contribution in [1.82, 2.24) is 10.2 Å². The van der Waals surface area contributed by atoms with Crippen molar-refractivity contribution in [3.63, 3.8) is 0 Å². The average Bonchev–Trinajstić information content (AvgIpc) is 2.35. The molecule has 5 heteroatoms. The molecule has 1 aromatic carbocycles. The van der Waals surface area contributed by atoms with Gasteiger partial charge in [-0.05, 0) is 31.1 Å². The highest BCUT2D eigenvalue weighted by Gasteiger charge is 2.21. The van der Waals surface area contributed by atoms with Gasteiger partial charge in [0.05, 0.1) is 11.6 Å². The number of carbonyl (C=O) groups excluding carboxylic acids is 1. The highest BCUT2D eigenvalue weighted by Crippen LogP contribution is 2.22. The summed E-state index contributed by atoms with van der Waals surface area (Å²) < 4.78 is 5.56. The van der Waals surface area contributed by atoms with Crippen LogP contribution in [0.5, 0.6) is 5.75 Å². The van der Waals surface area contributed by atoms with E-state index in [0.717, 1.165) is 13.1 Å².